The van der Waals surface area contributed by atoms with E-state index in [4.69, 9.17) is 4.74 Å². The molecule has 0 radical (unpaired) electrons. The Morgan fingerprint density at radius 3 is 2.87 bits per heavy atom. The summed E-state index contributed by atoms with van der Waals surface area (Å²) in [5.74, 6) is 0.704. The molecule has 0 aliphatic rings. The van der Waals surface area contributed by atoms with Gasteiger partial charge in [-0.1, -0.05) is 13.0 Å². The first-order valence-electron chi connectivity index (χ1n) is 7.72. The standard InChI is InChI=1S/C17H24N4O2/c1-5-8-23-16-9-13(2)6-7-15(16)19-17(22)20(3)11-14-10-18-21(4)12-14/h6-7,9-10,12H,5,8,11H2,1-4H3,(H,19,22). The molecule has 2 rings (SSSR count). The minimum atomic E-state index is -0.181. The van der Waals surface area contributed by atoms with Crippen LogP contribution in [-0.2, 0) is 13.6 Å². The largest absolute Gasteiger partial charge is 0.491 e. The summed E-state index contributed by atoms with van der Waals surface area (Å²) in [6.45, 7) is 5.17. The summed E-state index contributed by atoms with van der Waals surface area (Å²) < 4.78 is 7.44. The number of amides is 2. The molecule has 0 aliphatic carbocycles. The number of hydrogen-bond acceptors (Lipinski definition) is 3. The zero-order valence-electron chi connectivity index (χ0n) is 14.2. The number of hydrogen-bond donors (Lipinski definition) is 1. The van der Waals surface area contributed by atoms with Gasteiger partial charge in [-0.2, -0.15) is 5.10 Å². The van der Waals surface area contributed by atoms with Crippen molar-refractivity contribution in [3.63, 3.8) is 0 Å². The normalized spacial score (nSPS) is 10.4. The van der Waals surface area contributed by atoms with Gasteiger partial charge in [-0.15, -0.1) is 0 Å². The minimum absolute atomic E-state index is 0.181. The summed E-state index contributed by atoms with van der Waals surface area (Å²) in [7, 11) is 3.61. The Balaban J connectivity index is 2.03. The second kappa shape index (κ2) is 7.67. The number of carbonyl (C=O) groups is 1. The number of nitrogens with zero attached hydrogens (tertiary/aromatic N) is 3. The number of carbonyl (C=O) groups excluding carboxylic acids is 1. The van der Waals surface area contributed by atoms with E-state index in [9.17, 15) is 4.79 Å². The van der Waals surface area contributed by atoms with E-state index >= 15 is 0 Å². The average Bonchev–Trinajstić information content (AvgIpc) is 2.92. The van der Waals surface area contributed by atoms with E-state index in [0.717, 1.165) is 17.5 Å². The van der Waals surface area contributed by atoms with Gasteiger partial charge in [0.05, 0.1) is 25.0 Å². The third-order valence-corrected chi connectivity index (χ3v) is 3.37. The fraction of sp³-hybridized carbons (Fsp3) is 0.412. The molecule has 6 heteroatoms. The predicted molar refractivity (Wildman–Crippen MR) is 90.7 cm³/mol. The van der Waals surface area contributed by atoms with Crippen molar-refractivity contribution in [1.29, 1.82) is 0 Å². The average molecular weight is 316 g/mol. The molecule has 2 aromatic rings. The third kappa shape index (κ3) is 4.74. The molecule has 0 atom stereocenters. The Hall–Kier alpha value is -2.50. The maximum Gasteiger partial charge on any atom is 0.321 e. The van der Waals surface area contributed by atoms with E-state index in [0.29, 0.717) is 24.6 Å². The van der Waals surface area contributed by atoms with Crippen molar-refractivity contribution in [3.05, 3.63) is 41.7 Å². The van der Waals surface area contributed by atoms with E-state index in [-0.39, 0.29) is 6.03 Å². The first-order valence-corrected chi connectivity index (χ1v) is 7.72. The van der Waals surface area contributed by atoms with Gasteiger partial charge in [-0.25, -0.2) is 4.79 Å². The van der Waals surface area contributed by atoms with Crippen LogP contribution in [0.5, 0.6) is 5.75 Å². The van der Waals surface area contributed by atoms with E-state index in [1.165, 1.54) is 0 Å². The van der Waals surface area contributed by atoms with Crippen LogP contribution in [0.3, 0.4) is 0 Å². The van der Waals surface area contributed by atoms with Gasteiger partial charge in [0.1, 0.15) is 5.75 Å². The number of urea groups is 1. The molecule has 124 valence electrons. The Kier molecular flexibility index (Phi) is 5.62. The summed E-state index contributed by atoms with van der Waals surface area (Å²) in [5, 5.41) is 7.02. The fourth-order valence-electron chi connectivity index (χ4n) is 2.17. The molecule has 1 aromatic carbocycles. The summed E-state index contributed by atoms with van der Waals surface area (Å²) in [5.41, 5.74) is 2.77. The first kappa shape index (κ1) is 16.9. The topological polar surface area (TPSA) is 59.4 Å². The lowest BCUT2D eigenvalue weighted by Gasteiger charge is -2.19. The van der Waals surface area contributed by atoms with Crippen LogP contribution < -0.4 is 10.1 Å². The first-order chi connectivity index (χ1) is 11.0. The number of benzene rings is 1. The van der Waals surface area contributed by atoms with Crippen LogP contribution in [0, 0.1) is 6.92 Å². The maximum atomic E-state index is 12.4. The lowest BCUT2D eigenvalue weighted by Crippen LogP contribution is -2.30. The van der Waals surface area contributed by atoms with Crippen molar-refractivity contribution in [3.8, 4) is 5.75 Å². The highest BCUT2D eigenvalue weighted by molar-refractivity contribution is 5.90. The van der Waals surface area contributed by atoms with Crippen molar-refractivity contribution in [2.24, 2.45) is 7.05 Å². The molecular formula is C17H24N4O2. The van der Waals surface area contributed by atoms with Crippen LogP contribution in [-0.4, -0.2) is 34.4 Å². The summed E-state index contributed by atoms with van der Waals surface area (Å²) >= 11 is 0. The van der Waals surface area contributed by atoms with Crippen LogP contribution >= 0.6 is 0 Å². The highest BCUT2D eigenvalue weighted by atomic mass is 16.5. The van der Waals surface area contributed by atoms with Gasteiger partial charge in [0.15, 0.2) is 0 Å². The Morgan fingerprint density at radius 1 is 1.43 bits per heavy atom. The van der Waals surface area contributed by atoms with Gasteiger partial charge >= 0.3 is 6.03 Å². The number of rotatable bonds is 6. The molecule has 6 nitrogen and oxygen atoms in total. The lowest BCUT2D eigenvalue weighted by atomic mass is 10.2. The van der Waals surface area contributed by atoms with E-state index < -0.39 is 0 Å². The highest BCUT2D eigenvalue weighted by Gasteiger charge is 2.13. The highest BCUT2D eigenvalue weighted by Crippen LogP contribution is 2.26. The molecule has 2 amide bonds. The molecule has 0 unspecified atom stereocenters. The fourth-order valence-corrected chi connectivity index (χ4v) is 2.17. The zero-order valence-corrected chi connectivity index (χ0v) is 14.2. The quantitative estimate of drug-likeness (QED) is 0.890. The SMILES string of the molecule is CCCOc1cc(C)ccc1NC(=O)N(C)Cc1cnn(C)c1. The molecule has 23 heavy (non-hydrogen) atoms. The van der Waals surface area contributed by atoms with Crippen LogP contribution in [0.4, 0.5) is 10.5 Å². The van der Waals surface area contributed by atoms with Crippen LogP contribution in [0.25, 0.3) is 0 Å². The van der Waals surface area contributed by atoms with Gasteiger partial charge in [-0.3, -0.25) is 4.68 Å². The van der Waals surface area contributed by atoms with Crippen LogP contribution in [0.1, 0.15) is 24.5 Å². The smallest absolute Gasteiger partial charge is 0.321 e. The number of nitrogens with one attached hydrogen (secondary N) is 1. The minimum Gasteiger partial charge on any atom is -0.491 e. The molecule has 0 bridgehead atoms. The molecular weight excluding hydrogens is 292 g/mol. The van der Waals surface area contributed by atoms with Gasteiger partial charge in [0.2, 0.25) is 0 Å². The summed E-state index contributed by atoms with van der Waals surface area (Å²) in [4.78, 5) is 14.0. The number of anilines is 1. The summed E-state index contributed by atoms with van der Waals surface area (Å²) in [6, 6.07) is 5.58. The predicted octanol–water partition coefficient (Wildman–Crippen LogP) is 3.18. The van der Waals surface area contributed by atoms with Gasteiger partial charge in [-0.05, 0) is 31.0 Å². The van der Waals surface area contributed by atoms with E-state index in [1.54, 1.807) is 22.8 Å². The Morgan fingerprint density at radius 2 is 2.22 bits per heavy atom. The monoisotopic (exact) mass is 316 g/mol. The Bertz CT molecular complexity index is 666. The van der Waals surface area contributed by atoms with Gasteiger partial charge < -0.3 is 15.0 Å². The van der Waals surface area contributed by atoms with Crippen molar-refractivity contribution in [2.45, 2.75) is 26.8 Å². The van der Waals surface area contributed by atoms with E-state index in [1.807, 2.05) is 38.4 Å². The molecule has 0 aliphatic heterocycles. The van der Waals surface area contributed by atoms with Crippen LogP contribution in [0.2, 0.25) is 0 Å². The Labute approximate surface area is 137 Å². The lowest BCUT2D eigenvalue weighted by molar-refractivity contribution is 0.220. The molecule has 1 heterocycles. The molecule has 0 fully saturated rings. The van der Waals surface area contributed by atoms with Gasteiger partial charge in [0.25, 0.3) is 0 Å². The van der Waals surface area contributed by atoms with E-state index in [2.05, 4.69) is 17.3 Å². The molecule has 0 saturated heterocycles. The molecule has 1 N–H and O–H groups in total. The number of aryl methyl sites for hydroxylation is 2. The molecule has 0 spiro atoms. The van der Waals surface area contributed by atoms with Crippen molar-refractivity contribution >= 4 is 11.7 Å². The van der Waals surface area contributed by atoms with Crippen LogP contribution in [0.15, 0.2) is 30.6 Å². The number of ether oxygens (including phenoxy) is 1. The van der Waals surface area contributed by atoms with Crippen molar-refractivity contribution in [1.82, 2.24) is 14.7 Å². The zero-order chi connectivity index (χ0) is 16.8. The van der Waals surface area contributed by atoms with Crippen molar-refractivity contribution in [2.75, 3.05) is 19.0 Å². The third-order valence-electron chi connectivity index (χ3n) is 3.37. The van der Waals surface area contributed by atoms with Gasteiger partial charge in [0, 0.05) is 25.9 Å². The molecule has 1 aromatic heterocycles. The maximum absolute atomic E-state index is 12.4. The van der Waals surface area contributed by atoms with Crippen molar-refractivity contribution < 1.29 is 9.53 Å². The summed E-state index contributed by atoms with van der Waals surface area (Å²) in [6.07, 6.45) is 4.57. The second-order valence-corrected chi connectivity index (χ2v) is 5.66. The second-order valence-electron chi connectivity index (χ2n) is 5.66. The number of aromatic nitrogens is 2. The molecule has 0 saturated carbocycles.